The van der Waals surface area contributed by atoms with Crippen LogP contribution in [0.2, 0.25) is 0 Å². The van der Waals surface area contributed by atoms with E-state index in [2.05, 4.69) is 51.3 Å². The van der Waals surface area contributed by atoms with Gasteiger partial charge in [-0.25, -0.2) is 4.79 Å². The summed E-state index contributed by atoms with van der Waals surface area (Å²) in [5.41, 5.74) is 1.93. The van der Waals surface area contributed by atoms with E-state index >= 15 is 0 Å². The largest absolute Gasteiger partial charge is 0.446 e. The number of ether oxygens (including phenoxy) is 3. The summed E-state index contributed by atoms with van der Waals surface area (Å²) < 4.78 is 16.8. The molecule has 4 aliphatic carbocycles. The third-order valence-electron chi connectivity index (χ3n) is 15.7. The van der Waals surface area contributed by atoms with Gasteiger partial charge in [-0.3, -0.25) is 4.79 Å². The molecule has 17 unspecified atom stereocenters. The molecule has 0 bridgehead atoms. The van der Waals surface area contributed by atoms with Crippen molar-refractivity contribution in [3.8, 4) is 0 Å². The highest BCUT2D eigenvalue weighted by Gasteiger charge is 2.59. The number of nitrogens with one attached hydrogen (secondary N) is 2. The van der Waals surface area contributed by atoms with E-state index in [1.165, 1.54) is 55.4 Å². The fourth-order valence-corrected chi connectivity index (χ4v) is 12.1. The van der Waals surface area contributed by atoms with Crippen LogP contribution in [-0.4, -0.2) is 165 Å². The van der Waals surface area contributed by atoms with Gasteiger partial charge in [0.2, 0.25) is 0 Å². The van der Waals surface area contributed by atoms with Crippen LogP contribution in [0.15, 0.2) is 11.6 Å². The molecule has 16 nitrogen and oxygen atoms in total. The van der Waals surface area contributed by atoms with Gasteiger partial charge in [-0.15, -0.1) is 0 Å². The van der Waals surface area contributed by atoms with Gasteiger partial charge in [0.25, 0.3) is 5.91 Å². The Kier molecular flexibility index (Phi) is 17.9. The number of allylic oxidation sites excluding steroid dienone is 1. The van der Waals surface area contributed by atoms with E-state index in [1.807, 2.05) is 0 Å². The summed E-state index contributed by atoms with van der Waals surface area (Å²) in [5.74, 6) is 3.36. The Morgan fingerprint density at radius 3 is 2.33 bits per heavy atom. The van der Waals surface area contributed by atoms with Crippen LogP contribution in [0.4, 0.5) is 4.79 Å². The highest BCUT2D eigenvalue weighted by atomic mass is 16.7. The lowest BCUT2D eigenvalue weighted by Gasteiger charge is -2.58. The highest BCUT2D eigenvalue weighted by molar-refractivity contribution is 5.81. The fraction of sp³-hybridized carbons (Fsp3) is 0.911. The minimum atomic E-state index is -2.22. The van der Waals surface area contributed by atoms with E-state index in [-0.39, 0.29) is 31.2 Å². The zero-order valence-corrected chi connectivity index (χ0v) is 37.4. The van der Waals surface area contributed by atoms with E-state index in [0.29, 0.717) is 30.2 Å². The molecule has 0 aromatic carbocycles. The molecular formula is C45H79N3O13. The molecule has 5 rings (SSSR count). The van der Waals surface area contributed by atoms with Gasteiger partial charge in [-0.2, -0.15) is 0 Å². The van der Waals surface area contributed by atoms with Crippen molar-refractivity contribution in [2.24, 2.45) is 46.3 Å². The molecule has 1 aliphatic heterocycles. The minimum absolute atomic E-state index is 0.0213. The zero-order chi connectivity index (χ0) is 44.8. The number of carbonyl (C=O) groups excluding carboxylic acids is 2. The summed E-state index contributed by atoms with van der Waals surface area (Å²) in [6, 6.07) is 0. The number of aliphatic hydroxyl groups is 8. The van der Waals surface area contributed by atoms with Crippen LogP contribution in [0.25, 0.3) is 0 Å². The second-order valence-electron chi connectivity index (χ2n) is 19.9. The summed E-state index contributed by atoms with van der Waals surface area (Å²) >= 11 is 0. The van der Waals surface area contributed by atoms with Crippen molar-refractivity contribution in [3.05, 3.63) is 11.6 Å². The Morgan fingerprint density at radius 2 is 1.66 bits per heavy atom. The number of likely N-dealkylation sites (N-methyl/N-ethyl adjacent to an activating group) is 1. The van der Waals surface area contributed by atoms with Gasteiger partial charge in [0.1, 0.15) is 48.8 Å². The van der Waals surface area contributed by atoms with Gasteiger partial charge in [-0.1, -0.05) is 65.5 Å². The lowest BCUT2D eigenvalue weighted by Crippen LogP contribution is -2.62. The van der Waals surface area contributed by atoms with Gasteiger partial charge < -0.3 is 70.6 Å². The third-order valence-corrected chi connectivity index (χ3v) is 15.7. The van der Waals surface area contributed by atoms with Gasteiger partial charge in [0.05, 0.1) is 13.2 Å². The predicted octanol–water partition coefficient (Wildman–Crippen LogP) is 1.43. The quantitative estimate of drug-likeness (QED) is 0.0779. The van der Waals surface area contributed by atoms with Gasteiger partial charge in [-0.05, 0) is 98.3 Å². The van der Waals surface area contributed by atoms with Crippen LogP contribution in [0.3, 0.4) is 0 Å². The summed E-state index contributed by atoms with van der Waals surface area (Å²) in [7, 11) is 1.76. The SMILES string of the molecule is CNCCN(CCNC(=O)C(O)C(O)C(OC1OC(CO)C(O)C(O)C1O)C(O)CO)C(=O)OC1CCC2(C)C(=CCC3C2CCC2(C)C(C(C)CCCC(C)C)CCC32)C1. The standard InChI is InChI=1S/C45H79N3O13/c1-25(2)8-7-9-26(3)30-12-13-31-29-11-10-27-22-28(14-16-44(27,4)32(29)15-17-45(30,31)5)59-43(58)48(20-18-46-6)21-19-47-41(57)38(55)37(54)40(33(51)23-49)61-42-39(56)36(53)35(52)34(24-50)60-42/h10,25-26,28-40,42,46,49-56H,7-9,11-24H2,1-6H3,(H,47,57). The first-order chi connectivity index (χ1) is 28.9. The lowest BCUT2D eigenvalue weighted by atomic mass is 9.47. The van der Waals surface area contributed by atoms with E-state index in [9.17, 15) is 50.4 Å². The molecule has 3 saturated carbocycles. The molecule has 0 spiro atoms. The van der Waals surface area contributed by atoms with E-state index < -0.39 is 80.3 Å². The molecule has 2 amide bonds. The molecule has 10 N–H and O–H groups in total. The first-order valence-corrected chi connectivity index (χ1v) is 23.1. The van der Waals surface area contributed by atoms with Crippen LogP contribution < -0.4 is 10.6 Å². The molecule has 0 radical (unpaired) electrons. The van der Waals surface area contributed by atoms with Crippen molar-refractivity contribution in [2.45, 2.75) is 166 Å². The van der Waals surface area contributed by atoms with E-state index in [4.69, 9.17) is 14.2 Å². The summed E-state index contributed by atoms with van der Waals surface area (Å²) in [6.45, 7) is 11.1. The predicted molar refractivity (Wildman–Crippen MR) is 226 cm³/mol. The Morgan fingerprint density at radius 1 is 0.934 bits per heavy atom. The molecule has 5 aliphatic rings. The number of hydrogen-bond acceptors (Lipinski definition) is 14. The Hall–Kier alpha value is -1.96. The topological polar surface area (TPSA) is 251 Å². The van der Waals surface area contributed by atoms with E-state index in [0.717, 1.165) is 42.9 Å². The molecule has 17 atom stereocenters. The Balaban J connectivity index is 1.14. The van der Waals surface area contributed by atoms with Crippen LogP contribution in [0, 0.1) is 46.3 Å². The van der Waals surface area contributed by atoms with Crippen LogP contribution in [0.1, 0.15) is 105 Å². The maximum Gasteiger partial charge on any atom is 0.410 e. The van der Waals surface area contributed by atoms with Gasteiger partial charge >= 0.3 is 6.09 Å². The molecule has 1 saturated heterocycles. The van der Waals surface area contributed by atoms with Crippen molar-refractivity contribution < 1.29 is 64.7 Å². The average Bonchev–Trinajstić information content (AvgIpc) is 3.60. The Bertz CT molecular complexity index is 1450. The number of nitrogens with zero attached hydrogens (tertiary/aromatic N) is 1. The summed E-state index contributed by atoms with van der Waals surface area (Å²) in [4.78, 5) is 28.1. The first kappa shape index (κ1) is 50.0. The maximum absolute atomic E-state index is 13.7. The number of amides is 2. The second-order valence-corrected chi connectivity index (χ2v) is 19.9. The molecule has 352 valence electrons. The average molecular weight is 870 g/mol. The number of fused-ring (bicyclic) bond motifs is 5. The minimum Gasteiger partial charge on any atom is -0.446 e. The van der Waals surface area contributed by atoms with Crippen molar-refractivity contribution in [1.29, 1.82) is 0 Å². The van der Waals surface area contributed by atoms with Crippen molar-refractivity contribution in [2.75, 3.05) is 46.4 Å². The molecule has 0 aromatic heterocycles. The second kappa shape index (κ2) is 21.8. The zero-order valence-electron chi connectivity index (χ0n) is 37.4. The number of rotatable bonds is 20. The van der Waals surface area contributed by atoms with Crippen molar-refractivity contribution in [3.63, 3.8) is 0 Å². The first-order valence-electron chi connectivity index (χ1n) is 23.1. The molecule has 61 heavy (non-hydrogen) atoms. The molecular weight excluding hydrogens is 791 g/mol. The molecule has 1 heterocycles. The molecule has 16 heteroatoms. The van der Waals surface area contributed by atoms with E-state index in [1.54, 1.807) is 7.05 Å². The number of hydrogen-bond donors (Lipinski definition) is 10. The molecule has 4 fully saturated rings. The van der Waals surface area contributed by atoms with Gasteiger partial charge in [0.15, 0.2) is 12.4 Å². The smallest absolute Gasteiger partial charge is 0.410 e. The monoisotopic (exact) mass is 870 g/mol. The summed E-state index contributed by atoms with van der Waals surface area (Å²) in [6.07, 6.45) is -2.42. The number of carbonyl (C=O) groups is 2. The Labute approximate surface area is 362 Å². The van der Waals surface area contributed by atoms with Crippen molar-refractivity contribution in [1.82, 2.24) is 15.5 Å². The summed E-state index contributed by atoms with van der Waals surface area (Å²) in [5, 5.41) is 87.1. The number of aliphatic hydroxyl groups excluding tert-OH is 8. The van der Waals surface area contributed by atoms with Crippen LogP contribution in [0.5, 0.6) is 0 Å². The van der Waals surface area contributed by atoms with Crippen LogP contribution >= 0.6 is 0 Å². The fourth-order valence-electron chi connectivity index (χ4n) is 12.1. The lowest BCUT2D eigenvalue weighted by molar-refractivity contribution is -0.326. The van der Waals surface area contributed by atoms with Gasteiger partial charge in [0, 0.05) is 32.6 Å². The highest BCUT2D eigenvalue weighted by Crippen LogP contribution is 2.67. The molecule has 0 aromatic rings. The maximum atomic E-state index is 13.7. The van der Waals surface area contributed by atoms with Crippen LogP contribution in [-0.2, 0) is 19.0 Å². The van der Waals surface area contributed by atoms with Crippen molar-refractivity contribution >= 4 is 12.0 Å². The third kappa shape index (κ3) is 11.1. The normalized spacial score (nSPS) is 37.3.